The van der Waals surface area contributed by atoms with E-state index >= 15 is 0 Å². The second-order valence-corrected chi connectivity index (χ2v) is 4.79. The summed E-state index contributed by atoms with van der Waals surface area (Å²) in [4.78, 5) is 11.9. The fourth-order valence-corrected chi connectivity index (χ4v) is 2.12. The van der Waals surface area contributed by atoms with E-state index in [1.54, 1.807) is 0 Å². The summed E-state index contributed by atoms with van der Waals surface area (Å²) in [5.74, 6) is 0.559. The van der Waals surface area contributed by atoms with Crippen LogP contribution in [0.25, 0.3) is 11.0 Å². The van der Waals surface area contributed by atoms with Crippen molar-refractivity contribution in [1.29, 1.82) is 0 Å². The first-order valence-electron chi connectivity index (χ1n) is 6.84. The second kappa shape index (κ2) is 6.36. The SMILES string of the molecule is CCC(CC)CNC(=O)Cc1noc2ccccc12. The van der Waals surface area contributed by atoms with Crippen LogP contribution < -0.4 is 5.32 Å². The lowest BCUT2D eigenvalue weighted by Crippen LogP contribution is -2.30. The van der Waals surface area contributed by atoms with Crippen molar-refractivity contribution in [3.05, 3.63) is 30.0 Å². The van der Waals surface area contributed by atoms with Gasteiger partial charge in [-0.25, -0.2) is 0 Å². The first kappa shape index (κ1) is 13.6. The number of nitrogens with zero attached hydrogens (tertiary/aromatic N) is 1. The Balaban J connectivity index is 1.95. The highest BCUT2D eigenvalue weighted by atomic mass is 16.5. The Morgan fingerprint density at radius 3 is 2.79 bits per heavy atom. The van der Waals surface area contributed by atoms with Gasteiger partial charge in [-0.05, 0) is 18.1 Å². The molecule has 2 rings (SSSR count). The van der Waals surface area contributed by atoms with Crippen LogP contribution in [0, 0.1) is 5.92 Å². The Bertz CT molecular complexity index is 544. The highest BCUT2D eigenvalue weighted by Gasteiger charge is 2.12. The van der Waals surface area contributed by atoms with Crippen LogP contribution in [0.2, 0.25) is 0 Å². The number of aromatic nitrogens is 1. The summed E-state index contributed by atoms with van der Waals surface area (Å²) >= 11 is 0. The third kappa shape index (κ3) is 3.34. The van der Waals surface area contributed by atoms with Gasteiger partial charge in [0.05, 0.1) is 6.42 Å². The first-order chi connectivity index (χ1) is 9.24. The van der Waals surface area contributed by atoms with Gasteiger partial charge in [0, 0.05) is 11.9 Å². The Morgan fingerprint density at radius 1 is 1.32 bits per heavy atom. The van der Waals surface area contributed by atoms with Crippen molar-refractivity contribution < 1.29 is 9.32 Å². The molecule has 0 atom stereocenters. The number of hydrogen-bond acceptors (Lipinski definition) is 3. The summed E-state index contributed by atoms with van der Waals surface area (Å²) in [5.41, 5.74) is 1.43. The molecule has 0 aliphatic heterocycles. The molecule has 19 heavy (non-hydrogen) atoms. The number of carbonyl (C=O) groups excluding carboxylic acids is 1. The van der Waals surface area contributed by atoms with E-state index < -0.39 is 0 Å². The minimum atomic E-state index is 0.00551. The van der Waals surface area contributed by atoms with Gasteiger partial charge < -0.3 is 9.84 Å². The van der Waals surface area contributed by atoms with E-state index in [-0.39, 0.29) is 12.3 Å². The van der Waals surface area contributed by atoms with Crippen molar-refractivity contribution in [2.75, 3.05) is 6.54 Å². The maximum atomic E-state index is 11.9. The Hall–Kier alpha value is -1.84. The lowest BCUT2D eigenvalue weighted by molar-refractivity contribution is -0.120. The fourth-order valence-electron chi connectivity index (χ4n) is 2.12. The van der Waals surface area contributed by atoms with E-state index in [0.717, 1.165) is 30.4 Å². The smallest absolute Gasteiger partial charge is 0.226 e. The predicted molar refractivity (Wildman–Crippen MR) is 74.8 cm³/mol. The quantitative estimate of drug-likeness (QED) is 0.868. The van der Waals surface area contributed by atoms with Gasteiger partial charge in [-0.1, -0.05) is 44.0 Å². The molecule has 0 bridgehead atoms. The molecule has 4 heteroatoms. The van der Waals surface area contributed by atoms with Crippen LogP contribution in [0.15, 0.2) is 28.8 Å². The van der Waals surface area contributed by atoms with E-state index in [1.165, 1.54) is 0 Å². The standard InChI is InChI=1S/C15H20N2O2/c1-3-11(4-2)10-16-15(18)9-13-12-7-5-6-8-14(12)19-17-13/h5-8,11H,3-4,9-10H2,1-2H3,(H,16,18). The van der Waals surface area contributed by atoms with Gasteiger partial charge in [0.1, 0.15) is 5.69 Å². The average molecular weight is 260 g/mol. The highest BCUT2D eigenvalue weighted by molar-refractivity contribution is 5.86. The normalized spacial score (nSPS) is 11.1. The lowest BCUT2D eigenvalue weighted by Gasteiger charge is -2.12. The number of benzene rings is 1. The zero-order valence-electron chi connectivity index (χ0n) is 11.5. The molecule has 2 aromatic rings. The topological polar surface area (TPSA) is 55.1 Å². The largest absolute Gasteiger partial charge is 0.356 e. The molecular formula is C15H20N2O2. The van der Waals surface area contributed by atoms with E-state index in [9.17, 15) is 4.79 Å². The zero-order chi connectivity index (χ0) is 13.7. The summed E-state index contributed by atoms with van der Waals surface area (Å²) in [6.07, 6.45) is 2.45. The molecule has 1 amide bonds. The molecule has 1 heterocycles. The van der Waals surface area contributed by atoms with Crippen molar-refractivity contribution >= 4 is 16.9 Å². The van der Waals surface area contributed by atoms with Crippen LogP contribution in [0.3, 0.4) is 0 Å². The molecule has 0 radical (unpaired) electrons. The van der Waals surface area contributed by atoms with Gasteiger partial charge >= 0.3 is 0 Å². The predicted octanol–water partition coefficient (Wildman–Crippen LogP) is 2.92. The number of para-hydroxylation sites is 1. The maximum absolute atomic E-state index is 11.9. The average Bonchev–Trinajstić information content (AvgIpc) is 2.83. The number of nitrogens with one attached hydrogen (secondary N) is 1. The number of fused-ring (bicyclic) bond motifs is 1. The molecule has 102 valence electrons. The molecule has 0 aliphatic rings. The van der Waals surface area contributed by atoms with E-state index in [4.69, 9.17) is 4.52 Å². The Labute approximate surface area is 113 Å². The van der Waals surface area contributed by atoms with Gasteiger partial charge in [0.25, 0.3) is 0 Å². The Kier molecular flexibility index (Phi) is 4.55. The number of rotatable bonds is 6. The van der Waals surface area contributed by atoms with Crippen molar-refractivity contribution in [2.24, 2.45) is 5.92 Å². The minimum absolute atomic E-state index is 0.00551. The summed E-state index contributed by atoms with van der Waals surface area (Å²) in [6, 6.07) is 7.60. The van der Waals surface area contributed by atoms with Crippen LogP contribution in [0.5, 0.6) is 0 Å². The number of carbonyl (C=O) groups is 1. The summed E-state index contributed by atoms with van der Waals surface area (Å²) in [6.45, 7) is 5.03. The van der Waals surface area contributed by atoms with Crippen LogP contribution in [0.4, 0.5) is 0 Å². The van der Waals surface area contributed by atoms with Crippen LogP contribution in [0.1, 0.15) is 32.4 Å². The molecule has 1 aromatic carbocycles. The van der Waals surface area contributed by atoms with Gasteiger partial charge in [0.2, 0.25) is 5.91 Å². The van der Waals surface area contributed by atoms with Crippen molar-refractivity contribution in [3.8, 4) is 0 Å². The summed E-state index contributed by atoms with van der Waals surface area (Å²) < 4.78 is 5.19. The molecule has 0 aliphatic carbocycles. The van der Waals surface area contributed by atoms with Gasteiger partial charge in [-0.2, -0.15) is 0 Å². The molecule has 0 spiro atoms. The highest BCUT2D eigenvalue weighted by Crippen LogP contribution is 2.18. The molecule has 1 aromatic heterocycles. The molecule has 0 saturated carbocycles. The van der Waals surface area contributed by atoms with Crippen molar-refractivity contribution in [2.45, 2.75) is 33.1 Å². The Morgan fingerprint density at radius 2 is 2.05 bits per heavy atom. The molecule has 1 N–H and O–H groups in total. The van der Waals surface area contributed by atoms with Gasteiger partial charge in [-0.3, -0.25) is 4.79 Å². The van der Waals surface area contributed by atoms with E-state index in [0.29, 0.717) is 11.6 Å². The second-order valence-electron chi connectivity index (χ2n) is 4.79. The third-order valence-electron chi connectivity index (χ3n) is 3.52. The lowest BCUT2D eigenvalue weighted by atomic mass is 10.0. The number of amides is 1. The van der Waals surface area contributed by atoms with Gasteiger partial charge in [-0.15, -0.1) is 0 Å². The minimum Gasteiger partial charge on any atom is -0.356 e. The van der Waals surface area contributed by atoms with E-state index in [2.05, 4.69) is 24.3 Å². The summed E-state index contributed by atoms with van der Waals surface area (Å²) in [7, 11) is 0. The molecule has 4 nitrogen and oxygen atoms in total. The first-order valence-corrected chi connectivity index (χ1v) is 6.84. The molecule has 0 saturated heterocycles. The van der Waals surface area contributed by atoms with Gasteiger partial charge in [0.15, 0.2) is 5.58 Å². The summed E-state index contributed by atoms with van der Waals surface area (Å²) in [5, 5.41) is 7.85. The molecule has 0 unspecified atom stereocenters. The fraction of sp³-hybridized carbons (Fsp3) is 0.467. The van der Waals surface area contributed by atoms with Crippen LogP contribution in [-0.4, -0.2) is 17.6 Å². The number of hydrogen-bond donors (Lipinski definition) is 1. The van der Waals surface area contributed by atoms with Crippen LogP contribution >= 0.6 is 0 Å². The van der Waals surface area contributed by atoms with Crippen molar-refractivity contribution in [1.82, 2.24) is 10.5 Å². The van der Waals surface area contributed by atoms with Crippen LogP contribution in [-0.2, 0) is 11.2 Å². The molecule has 0 fully saturated rings. The third-order valence-corrected chi connectivity index (χ3v) is 3.52. The monoisotopic (exact) mass is 260 g/mol. The zero-order valence-corrected chi connectivity index (χ0v) is 11.5. The van der Waals surface area contributed by atoms with E-state index in [1.807, 2.05) is 24.3 Å². The maximum Gasteiger partial charge on any atom is 0.226 e. The van der Waals surface area contributed by atoms with Crippen molar-refractivity contribution in [3.63, 3.8) is 0 Å². The molecular weight excluding hydrogens is 240 g/mol.